The Hall–Kier alpha value is -2.28. The van der Waals surface area contributed by atoms with Gasteiger partial charge >= 0.3 is 0 Å². The fourth-order valence-corrected chi connectivity index (χ4v) is 5.92. The number of alkyl halides is 2. The largest absolute Gasteiger partial charge is 0.438 e. The number of allylic oxidation sites excluding steroid dienone is 3. The van der Waals surface area contributed by atoms with Gasteiger partial charge in [-0.15, -0.1) is 4.47 Å². The zero-order valence-electron chi connectivity index (χ0n) is 15.2. The highest BCUT2D eigenvalue weighted by atomic mass is 127. The molecule has 2 unspecified atom stereocenters. The minimum Gasteiger partial charge on any atom is -0.438 e. The van der Waals surface area contributed by atoms with Crippen LogP contribution in [0.25, 0.3) is 0 Å². The lowest BCUT2D eigenvalue weighted by molar-refractivity contribution is 0.0689. The fourth-order valence-electron chi connectivity index (χ4n) is 3.54. The number of carbonyl (C=O) groups is 1. The van der Waals surface area contributed by atoms with Gasteiger partial charge in [0.25, 0.3) is 5.91 Å². The quantitative estimate of drug-likeness (QED) is 0.485. The predicted octanol–water partition coefficient (Wildman–Crippen LogP) is 3.85. The third kappa shape index (κ3) is 3.16. The molecule has 1 amide bonds. The summed E-state index contributed by atoms with van der Waals surface area (Å²) in [5.41, 5.74) is 3.88. The second-order valence-corrected chi connectivity index (χ2v) is 9.39. The van der Waals surface area contributed by atoms with E-state index in [1.165, 1.54) is 0 Å². The number of H-pyrrole nitrogens is 1. The number of hydrogen-bond donors (Lipinski definition) is 1. The highest BCUT2D eigenvalue weighted by molar-refractivity contribution is 14.1. The van der Waals surface area contributed by atoms with Crippen molar-refractivity contribution in [3.8, 4) is 0 Å². The lowest BCUT2D eigenvalue weighted by Crippen LogP contribution is -2.41. The number of nitrogens with zero attached hydrogens (tertiary/aromatic N) is 5. The van der Waals surface area contributed by atoms with Gasteiger partial charge in [0.2, 0.25) is 5.76 Å². The van der Waals surface area contributed by atoms with Crippen LogP contribution in [0.3, 0.4) is 0 Å². The Morgan fingerprint density at radius 3 is 3.17 bits per heavy atom. The first-order valence-corrected chi connectivity index (χ1v) is 11.4. The summed E-state index contributed by atoms with van der Waals surface area (Å²) in [5, 5.41) is 3.48. The van der Waals surface area contributed by atoms with Crippen LogP contribution >= 0.6 is 22.6 Å². The number of oxazole rings is 1. The maximum atomic E-state index is 13.9. The Morgan fingerprint density at radius 2 is 2.34 bits per heavy atom. The van der Waals surface area contributed by atoms with Gasteiger partial charge in [0.05, 0.1) is 17.7 Å². The van der Waals surface area contributed by atoms with E-state index in [1.54, 1.807) is 33.8 Å². The molecule has 0 saturated heterocycles. The molecule has 5 rings (SSSR count). The van der Waals surface area contributed by atoms with Crippen LogP contribution in [0.2, 0.25) is 0 Å². The molecular formula is C18H16FIN6O2S. The van der Waals surface area contributed by atoms with Crippen molar-refractivity contribution in [1.82, 2.24) is 24.9 Å². The van der Waals surface area contributed by atoms with Crippen molar-refractivity contribution in [1.29, 1.82) is 0 Å². The molecule has 29 heavy (non-hydrogen) atoms. The van der Waals surface area contributed by atoms with Gasteiger partial charge in [-0.2, -0.15) is 0 Å². The number of halogens is 2. The molecule has 0 fully saturated rings. The molecule has 3 aliphatic rings. The smallest absolute Gasteiger partial charge is 0.293 e. The molecule has 0 radical (unpaired) electrons. The molecule has 0 aliphatic carbocycles. The molecule has 0 bridgehead atoms. The molecule has 0 spiro atoms. The molecule has 8 nitrogen and oxygen atoms in total. The summed E-state index contributed by atoms with van der Waals surface area (Å²) in [6, 6.07) is 0. The minimum atomic E-state index is -1.43. The van der Waals surface area contributed by atoms with Gasteiger partial charge in [-0.1, -0.05) is 0 Å². The summed E-state index contributed by atoms with van der Waals surface area (Å²) in [7, 11) is -0.660. The van der Waals surface area contributed by atoms with E-state index in [1.807, 2.05) is 24.2 Å². The lowest BCUT2D eigenvalue weighted by atomic mass is 10.1. The Morgan fingerprint density at radius 1 is 1.48 bits per heavy atom. The number of imidazole rings is 1. The van der Waals surface area contributed by atoms with Gasteiger partial charge in [-0.05, 0) is 57.9 Å². The molecule has 1 N–H and O–H groups in total. The van der Waals surface area contributed by atoms with Crippen LogP contribution in [0.5, 0.6) is 0 Å². The second-order valence-electron chi connectivity index (χ2n) is 6.75. The topological polar surface area (TPSA) is 90.6 Å². The first-order valence-electron chi connectivity index (χ1n) is 8.89. The van der Waals surface area contributed by atoms with E-state index < -0.39 is 26.2 Å². The zero-order valence-corrected chi connectivity index (χ0v) is 18.2. The first kappa shape index (κ1) is 18.7. The second kappa shape index (κ2) is 7.20. The SMILES string of the molecule is CC1=CC2=CS([C@H]3c4nc[nH]c4CCN3C(=O)c3ocnc3C(F)I)=NN2C=C1. The van der Waals surface area contributed by atoms with E-state index in [0.717, 1.165) is 29.1 Å². The molecule has 5 heterocycles. The Balaban J connectivity index is 1.57. The average molecular weight is 526 g/mol. The van der Waals surface area contributed by atoms with Crippen molar-refractivity contribution in [3.05, 3.63) is 70.6 Å². The van der Waals surface area contributed by atoms with Gasteiger partial charge in [0.1, 0.15) is 11.1 Å². The van der Waals surface area contributed by atoms with E-state index in [4.69, 9.17) is 8.89 Å². The number of nitrogens with one attached hydrogen (secondary N) is 1. The monoisotopic (exact) mass is 526 g/mol. The average Bonchev–Trinajstić information content (AvgIpc) is 3.43. The number of fused-ring (bicyclic) bond motifs is 2. The van der Waals surface area contributed by atoms with Crippen LogP contribution < -0.4 is 0 Å². The van der Waals surface area contributed by atoms with Crippen molar-refractivity contribution in [2.24, 2.45) is 4.47 Å². The predicted molar refractivity (Wildman–Crippen MR) is 113 cm³/mol. The summed E-state index contributed by atoms with van der Waals surface area (Å²) in [6.07, 6.45) is 9.32. The summed E-state index contributed by atoms with van der Waals surface area (Å²) in [4.78, 5) is 26.5. The molecule has 0 saturated carbocycles. The Bertz CT molecular complexity index is 1120. The highest BCUT2D eigenvalue weighted by Gasteiger charge is 2.40. The molecule has 3 atom stereocenters. The van der Waals surface area contributed by atoms with E-state index in [0.29, 0.717) is 13.0 Å². The summed E-state index contributed by atoms with van der Waals surface area (Å²) < 4.78 is 22.5. The van der Waals surface area contributed by atoms with Crippen molar-refractivity contribution in [2.45, 2.75) is 22.9 Å². The zero-order chi connectivity index (χ0) is 20.1. The molecule has 3 aliphatic heterocycles. The summed E-state index contributed by atoms with van der Waals surface area (Å²) in [6.45, 7) is 2.47. The summed E-state index contributed by atoms with van der Waals surface area (Å²) in [5.74, 6) is -0.469. The van der Waals surface area contributed by atoms with Gasteiger partial charge < -0.3 is 14.3 Å². The maximum Gasteiger partial charge on any atom is 0.293 e. The number of aromatic amines is 1. The van der Waals surface area contributed by atoms with E-state index >= 15 is 0 Å². The molecule has 0 aromatic carbocycles. The van der Waals surface area contributed by atoms with E-state index in [2.05, 4.69) is 26.4 Å². The number of amides is 1. The summed E-state index contributed by atoms with van der Waals surface area (Å²) >= 11 is 1.58. The van der Waals surface area contributed by atoms with Crippen LogP contribution in [0, 0.1) is 0 Å². The third-order valence-corrected chi connectivity index (χ3v) is 7.27. The molecular weight excluding hydrogens is 510 g/mol. The van der Waals surface area contributed by atoms with Gasteiger partial charge in [0, 0.05) is 30.3 Å². The molecule has 2 aromatic rings. The highest BCUT2D eigenvalue weighted by Crippen LogP contribution is 2.38. The van der Waals surface area contributed by atoms with Crippen LogP contribution in [0.15, 0.2) is 56.6 Å². The van der Waals surface area contributed by atoms with E-state index in [9.17, 15) is 9.18 Å². The Labute approximate surface area is 181 Å². The lowest BCUT2D eigenvalue weighted by Gasteiger charge is -2.34. The number of rotatable bonds is 3. The number of carbonyl (C=O) groups excluding carboxylic acids is 1. The van der Waals surface area contributed by atoms with Crippen LogP contribution in [-0.4, -0.2) is 37.3 Å². The van der Waals surface area contributed by atoms with Crippen LogP contribution in [0.4, 0.5) is 4.39 Å². The van der Waals surface area contributed by atoms with Gasteiger partial charge in [0.15, 0.2) is 10.6 Å². The minimum absolute atomic E-state index is 0.00568. The molecule has 2 aromatic heterocycles. The normalized spacial score (nSPS) is 23.8. The van der Waals surface area contributed by atoms with Crippen LogP contribution in [0.1, 0.15) is 44.1 Å². The first-order chi connectivity index (χ1) is 14.0. The van der Waals surface area contributed by atoms with Gasteiger partial charge in [-0.25, -0.2) is 19.4 Å². The molecule has 150 valence electrons. The van der Waals surface area contributed by atoms with Crippen molar-refractivity contribution in [2.75, 3.05) is 6.54 Å². The third-order valence-electron chi connectivity index (χ3n) is 4.90. The fraction of sp³-hybridized carbons (Fsp3) is 0.278. The number of aromatic nitrogens is 3. The molecule has 11 heteroatoms. The van der Waals surface area contributed by atoms with Crippen molar-refractivity contribution >= 4 is 39.2 Å². The van der Waals surface area contributed by atoms with Crippen LogP contribution in [-0.2, 0) is 17.1 Å². The number of hydrogen-bond acceptors (Lipinski definition) is 6. The Kier molecular flexibility index (Phi) is 4.65. The van der Waals surface area contributed by atoms with Gasteiger partial charge in [-0.3, -0.25) is 4.79 Å². The van der Waals surface area contributed by atoms with E-state index in [-0.39, 0.29) is 11.5 Å². The van der Waals surface area contributed by atoms with Crippen molar-refractivity contribution < 1.29 is 13.6 Å². The van der Waals surface area contributed by atoms with Crippen molar-refractivity contribution in [3.63, 3.8) is 0 Å². The maximum absolute atomic E-state index is 13.9. The standard InChI is InChI=1S/C18H16FIN6O2S/c1-10-2-5-26-11(6-10)7-29(24-26)18-13-12(21-8-22-13)3-4-25(18)17(27)15-14(16(19)20)23-9-28-15/h2,5-9,16,18H,3-4H2,1H3,(H,21,22)/t16?,18-,29?/m0/s1.